The predicted octanol–water partition coefficient (Wildman–Crippen LogP) is 3.66. The number of hydrogen-bond acceptors (Lipinski definition) is 3. The molecule has 3 aromatic rings. The summed E-state index contributed by atoms with van der Waals surface area (Å²) in [7, 11) is 1.81. The molecule has 0 radical (unpaired) electrons. The van der Waals surface area contributed by atoms with Crippen LogP contribution in [0.5, 0.6) is 5.75 Å². The van der Waals surface area contributed by atoms with Gasteiger partial charge in [0.1, 0.15) is 6.61 Å². The lowest BCUT2D eigenvalue weighted by Crippen LogP contribution is -2.25. The number of rotatable bonds is 6. The van der Waals surface area contributed by atoms with E-state index in [2.05, 4.69) is 21.2 Å². The number of amides is 1. The maximum absolute atomic E-state index is 12.3. The van der Waals surface area contributed by atoms with Gasteiger partial charge < -0.3 is 14.6 Å². The third kappa shape index (κ3) is 5.08. The van der Waals surface area contributed by atoms with Crippen LogP contribution >= 0.6 is 15.9 Å². The maximum Gasteiger partial charge on any atom is 0.251 e. The summed E-state index contributed by atoms with van der Waals surface area (Å²) in [6, 6.07) is 18.3. The Labute approximate surface area is 165 Å². The molecular formula is C21H19BrN2O3. The van der Waals surface area contributed by atoms with Gasteiger partial charge in [0.2, 0.25) is 5.43 Å². The fourth-order valence-corrected chi connectivity index (χ4v) is 2.97. The molecule has 3 rings (SSSR count). The van der Waals surface area contributed by atoms with Gasteiger partial charge >= 0.3 is 0 Å². The minimum absolute atomic E-state index is 0.201. The number of nitrogens with zero attached hydrogens (tertiary/aromatic N) is 1. The lowest BCUT2D eigenvalue weighted by Gasteiger charge is -2.13. The Morgan fingerprint density at radius 2 is 1.89 bits per heavy atom. The number of nitrogens with one attached hydrogen (secondary N) is 1. The van der Waals surface area contributed by atoms with Gasteiger partial charge in [-0.2, -0.15) is 0 Å². The zero-order valence-electron chi connectivity index (χ0n) is 14.8. The minimum atomic E-state index is -0.212. The summed E-state index contributed by atoms with van der Waals surface area (Å²) in [5, 5.41) is 2.83. The molecule has 0 saturated heterocycles. The summed E-state index contributed by atoms with van der Waals surface area (Å²) in [6.07, 6.45) is 1.64. The molecule has 0 aliphatic heterocycles. The van der Waals surface area contributed by atoms with Crippen molar-refractivity contribution in [3.05, 3.63) is 98.4 Å². The van der Waals surface area contributed by atoms with Gasteiger partial charge in [-0.15, -0.1) is 0 Å². The standard InChI is InChI=1S/C21H19BrN2O3/c1-24-13-20(27-14-15-6-3-2-4-7-15)19(25)11-18(24)12-23-21(26)16-8-5-9-17(22)10-16/h2-11,13H,12,14H2,1H3,(H,23,26). The van der Waals surface area contributed by atoms with Crippen LogP contribution in [0, 0.1) is 0 Å². The molecule has 0 unspecified atom stereocenters. The van der Waals surface area contributed by atoms with Crippen LogP contribution < -0.4 is 15.5 Å². The number of pyridine rings is 1. The molecule has 0 atom stereocenters. The predicted molar refractivity (Wildman–Crippen MR) is 108 cm³/mol. The molecule has 0 saturated carbocycles. The number of ether oxygens (including phenoxy) is 1. The molecule has 2 aromatic carbocycles. The van der Waals surface area contributed by atoms with Gasteiger partial charge in [0.15, 0.2) is 5.75 Å². The second-order valence-corrected chi connectivity index (χ2v) is 6.99. The van der Waals surface area contributed by atoms with E-state index >= 15 is 0 Å². The topological polar surface area (TPSA) is 60.3 Å². The van der Waals surface area contributed by atoms with Crippen LogP contribution in [0.2, 0.25) is 0 Å². The first-order chi connectivity index (χ1) is 13.0. The molecule has 0 bridgehead atoms. The SMILES string of the molecule is Cn1cc(OCc2ccccc2)c(=O)cc1CNC(=O)c1cccc(Br)c1. The third-order valence-electron chi connectivity index (χ3n) is 4.06. The number of halogens is 1. The van der Waals surface area contributed by atoms with Crippen molar-refractivity contribution in [2.24, 2.45) is 7.05 Å². The Balaban J connectivity index is 1.66. The average molecular weight is 427 g/mol. The van der Waals surface area contributed by atoms with E-state index in [9.17, 15) is 9.59 Å². The number of aryl methyl sites for hydroxylation is 1. The largest absolute Gasteiger partial charge is 0.483 e. The highest BCUT2D eigenvalue weighted by molar-refractivity contribution is 9.10. The van der Waals surface area contributed by atoms with E-state index in [0.29, 0.717) is 17.9 Å². The van der Waals surface area contributed by atoms with Crippen LogP contribution in [0.4, 0.5) is 0 Å². The molecule has 0 aliphatic carbocycles. The van der Waals surface area contributed by atoms with Gasteiger partial charge in [-0.05, 0) is 23.8 Å². The fourth-order valence-electron chi connectivity index (χ4n) is 2.57. The molecular weight excluding hydrogens is 408 g/mol. The van der Waals surface area contributed by atoms with Crippen molar-refractivity contribution in [2.45, 2.75) is 13.2 Å². The van der Waals surface area contributed by atoms with Crippen molar-refractivity contribution in [3.63, 3.8) is 0 Å². The zero-order valence-corrected chi connectivity index (χ0v) is 16.4. The van der Waals surface area contributed by atoms with Crippen LogP contribution in [0.1, 0.15) is 21.6 Å². The van der Waals surface area contributed by atoms with Crippen molar-refractivity contribution < 1.29 is 9.53 Å². The first-order valence-electron chi connectivity index (χ1n) is 8.43. The number of aromatic nitrogens is 1. The van der Waals surface area contributed by atoms with Crippen molar-refractivity contribution in [2.75, 3.05) is 0 Å². The Hall–Kier alpha value is -2.86. The molecule has 138 valence electrons. The first-order valence-corrected chi connectivity index (χ1v) is 9.22. The summed E-state index contributed by atoms with van der Waals surface area (Å²) in [5.41, 5.74) is 2.02. The highest BCUT2D eigenvalue weighted by Crippen LogP contribution is 2.12. The van der Waals surface area contributed by atoms with Gasteiger partial charge in [0.05, 0.1) is 12.7 Å². The van der Waals surface area contributed by atoms with E-state index in [4.69, 9.17) is 4.74 Å². The van der Waals surface area contributed by atoms with Crippen molar-refractivity contribution >= 4 is 21.8 Å². The Morgan fingerprint density at radius 3 is 2.63 bits per heavy atom. The van der Waals surface area contributed by atoms with Crippen LogP contribution in [0.15, 0.2) is 76.1 Å². The molecule has 1 amide bonds. The first kappa shape index (κ1) is 18.9. The van der Waals surface area contributed by atoms with Gasteiger partial charge in [0, 0.05) is 28.8 Å². The molecule has 1 N–H and O–H groups in total. The second-order valence-electron chi connectivity index (χ2n) is 6.07. The Morgan fingerprint density at radius 1 is 1.11 bits per heavy atom. The van der Waals surface area contributed by atoms with E-state index in [1.807, 2.05) is 43.4 Å². The van der Waals surface area contributed by atoms with Crippen molar-refractivity contribution in [1.82, 2.24) is 9.88 Å². The monoisotopic (exact) mass is 426 g/mol. The average Bonchev–Trinajstić information content (AvgIpc) is 2.67. The normalized spacial score (nSPS) is 10.4. The summed E-state index contributed by atoms with van der Waals surface area (Å²) in [6.45, 7) is 0.575. The summed E-state index contributed by atoms with van der Waals surface area (Å²) < 4.78 is 8.26. The maximum atomic E-state index is 12.3. The van der Waals surface area contributed by atoms with Gasteiger partial charge in [-0.3, -0.25) is 9.59 Å². The summed E-state index contributed by atoms with van der Waals surface area (Å²) in [5.74, 6) is 0.0802. The molecule has 27 heavy (non-hydrogen) atoms. The number of carbonyl (C=O) groups is 1. The molecule has 1 aromatic heterocycles. The molecule has 5 nitrogen and oxygen atoms in total. The molecule has 0 fully saturated rings. The summed E-state index contributed by atoms with van der Waals surface area (Å²) in [4.78, 5) is 24.6. The van der Waals surface area contributed by atoms with Gasteiger partial charge in [-0.1, -0.05) is 52.3 Å². The van der Waals surface area contributed by atoms with Crippen LogP contribution in [-0.4, -0.2) is 10.5 Å². The molecule has 1 heterocycles. The third-order valence-corrected chi connectivity index (χ3v) is 4.55. The number of hydrogen-bond donors (Lipinski definition) is 1. The lowest BCUT2D eigenvalue weighted by atomic mass is 10.2. The number of benzene rings is 2. The zero-order chi connectivity index (χ0) is 19.2. The quantitative estimate of drug-likeness (QED) is 0.654. The summed E-state index contributed by atoms with van der Waals surface area (Å²) >= 11 is 3.35. The van der Waals surface area contributed by atoms with Gasteiger partial charge in [0.25, 0.3) is 5.91 Å². The van der Waals surface area contributed by atoms with E-state index in [-0.39, 0.29) is 23.6 Å². The molecule has 0 spiro atoms. The van der Waals surface area contributed by atoms with Crippen LogP contribution in [-0.2, 0) is 20.2 Å². The Kier molecular flexibility index (Phi) is 6.08. The molecule has 6 heteroatoms. The lowest BCUT2D eigenvalue weighted by molar-refractivity contribution is 0.0950. The van der Waals surface area contributed by atoms with E-state index in [1.54, 1.807) is 29.0 Å². The van der Waals surface area contributed by atoms with Crippen molar-refractivity contribution in [1.29, 1.82) is 0 Å². The highest BCUT2D eigenvalue weighted by Gasteiger charge is 2.09. The van der Waals surface area contributed by atoms with Gasteiger partial charge in [-0.25, -0.2) is 0 Å². The van der Waals surface area contributed by atoms with E-state index in [0.717, 1.165) is 10.0 Å². The van der Waals surface area contributed by atoms with Crippen LogP contribution in [0.3, 0.4) is 0 Å². The molecule has 0 aliphatic rings. The Bertz CT molecular complexity index is 1000. The second kappa shape index (κ2) is 8.68. The van der Waals surface area contributed by atoms with Crippen molar-refractivity contribution in [3.8, 4) is 5.75 Å². The van der Waals surface area contributed by atoms with E-state index in [1.165, 1.54) is 6.07 Å². The van der Waals surface area contributed by atoms with Crippen LogP contribution in [0.25, 0.3) is 0 Å². The smallest absolute Gasteiger partial charge is 0.251 e. The van der Waals surface area contributed by atoms with E-state index < -0.39 is 0 Å². The minimum Gasteiger partial charge on any atom is -0.483 e. The number of carbonyl (C=O) groups excluding carboxylic acids is 1. The highest BCUT2D eigenvalue weighted by atomic mass is 79.9. The fraction of sp³-hybridized carbons (Fsp3) is 0.143.